The maximum Gasteiger partial charge on any atom is 0.147 e. The minimum Gasteiger partial charge on any atom is -0.298 e. The third kappa shape index (κ3) is 2.96. The van der Waals surface area contributed by atoms with E-state index < -0.39 is 0 Å². The fourth-order valence-corrected chi connectivity index (χ4v) is 1.49. The van der Waals surface area contributed by atoms with Crippen molar-refractivity contribution in [1.29, 1.82) is 0 Å². The second-order valence-electron chi connectivity index (χ2n) is 2.87. The number of carbonyl (C=O) groups is 1. The zero-order chi connectivity index (χ0) is 10.6. The summed E-state index contributed by atoms with van der Waals surface area (Å²) in [6.07, 6.45) is 0.529. The monoisotopic (exact) mass is 234 g/mol. The van der Waals surface area contributed by atoms with Crippen LogP contribution in [0.25, 0.3) is 0 Å². The van der Waals surface area contributed by atoms with Crippen LogP contribution in [-0.2, 0) is 11.2 Å². The Balaban J connectivity index is 2.71. The normalized spacial score (nSPS) is 10.2. The molecule has 0 radical (unpaired) electrons. The molecular weight excluding hydrogens is 226 g/mol. The number of carbonyl (C=O) groups excluding carboxylic acids is 1. The van der Waals surface area contributed by atoms with Crippen LogP contribution in [0, 0.1) is 5.82 Å². The van der Waals surface area contributed by atoms with Crippen molar-refractivity contribution in [2.24, 2.45) is 0 Å². The summed E-state index contributed by atoms with van der Waals surface area (Å²) in [5.41, 5.74) is 0.382. The lowest BCUT2D eigenvalue weighted by atomic mass is 10.1. The Hall–Kier alpha value is -0.600. The summed E-state index contributed by atoms with van der Waals surface area (Å²) in [6, 6.07) is 4.46. The van der Waals surface area contributed by atoms with Crippen LogP contribution in [-0.4, -0.2) is 11.7 Å². The fraction of sp³-hybridized carbons (Fsp3) is 0.300. The Bertz CT molecular complexity index is 319. The van der Waals surface area contributed by atoms with Crippen LogP contribution in [0.15, 0.2) is 18.2 Å². The van der Waals surface area contributed by atoms with E-state index in [0.29, 0.717) is 17.0 Å². The highest BCUT2D eigenvalue weighted by Crippen LogP contribution is 2.20. The van der Waals surface area contributed by atoms with Gasteiger partial charge in [0.25, 0.3) is 0 Å². The van der Waals surface area contributed by atoms with Crippen molar-refractivity contribution in [2.75, 3.05) is 5.88 Å². The summed E-state index contributed by atoms with van der Waals surface area (Å²) >= 11 is 11.1. The van der Waals surface area contributed by atoms with Crippen molar-refractivity contribution in [2.45, 2.75) is 12.8 Å². The van der Waals surface area contributed by atoms with E-state index in [1.807, 2.05) is 0 Å². The molecule has 0 N–H and O–H groups in total. The molecule has 0 heterocycles. The molecule has 0 amide bonds. The average molecular weight is 235 g/mol. The molecule has 0 unspecified atom stereocenters. The van der Waals surface area contributed by atoms with E-state index in [9.17, 15) is 9.18 Å². The van der Waals surface area contributed by atoms with E-state index in [1.165, 1.54) is 12.1 Å². The van der Waals surface area contributed by atoms with Gasteiger partial charge >= 0.3 is 0 Å². The van der Waals surface area contributed by atoms with Gasteiger partial charge < -0.3 is 0 Å². The number of benzene rings is 1. The van der Waals surface area contributed by atoms with Gasteiger partial charge in [-0.15, -0.1) is 11.6 Å². The van der Waals surface area contributed by atoms with Gasteiger partial charge in [0, 0.05) is 17.0 Å². The summed E-state index contributed by atoms with van der Waals surface area (Å²) in [7, 11) is 0. The van der Waals surface area contributed by atoms with E-state index in [1.54, 1.807) is 6.07 Å². The summed E-state index contributed by atoms with van der Waals surface area (Å²) in [5.74, 6) is -0.516. The standard InChI is InChI=1S/C10H9Cl2FO/c11-6-7(14)4-5-8-9(12)2-1-3-10(8)13/h1-3H,4-6H2. The maximum atomic E-state index is 13.2. The molecule has 0 saturated carbocycles. The van der Waals surface area contributed by atoms with Crippen molar-refractivity contribution < 1.29 is 9.18 Å². The summed E-state index contributed by atoms with van der Waals surface area (Å²) in [5, 5.41) is 0.354. The van der Waals surface area contributed by atoms with Gasteiger partial charge in [-0.05, 0) is 18.6 Å². The molecule has 1 aromatic carbocycles. The van der Waals surface area contributed by atoms with Crippen LogP contribution in [0.1, 0.15) is 12.0 Å². The van der Waals surface area contributed by atoms with Crippen molar-refractivity contribution in [3.05, 3.63) is 34.6 Å². The van der Waals surface area contributed by atoms with Crippen molar-refractivity contribution >= 4 is 29.0 Å². The minimum atomic E-state index is -0.375. The van der Waals surface area contributed by atoms with Gasteiger partial charge in [-0.2, -0.15) is 0 Å². The molecule has 1 nitrogen and oxygen atoms in total. The molecule has 4 heteroatoms. The molecule has 0 spiro atoms. The Kier molecular flexibility index (Phi) is 4.36. The van der Waals surface area contributed by atoms with Gasteiger partial charge in [-0.3, -0.25) is 4.79 Å². The van der Waals surface area contributed by atoms with Crippen LogP contribution in [0.5, 0.6) is 0 Å². The first kappa shape index (κ1) is 11.5. The fourth-order valence-electron chi connectivity index (χ4n) is 1.10. The van der Waals surface area contributed by atoms with E-state index in [4.69, 9.17) is 23.2 Å². The predicted molar refractivity (Wildman–Crippen MR) is 55.5 cm³/mol. The molecule has 0 aliphatic heterocycles. The first-order valence-corrected chi connectivity index (χ1v) is 5.07. The van der Waals surface area contributed by atoms with Gasteiger partial charge in [0.2, 0.25) is 0 Å². The van der Waals surface area contributed by atoms with Crippen LogP contribution in [0.4, 0.5) is 4.39 Å². The smallest absolute Gasteiger partial charge is 0.147 e. The average Bonchev–Trinajstić information content (AvgIpc) is 2.16. The molecule has 0 aliphatic rings. The molecule has 0 fully saturated rings. The van der Waals surface area contributed by atoms with Crippen LogP contribution < -0.4 is 0 Å². The number of alkyl halides is 1. The van der Waals surface area contributed by atoms with Crippen molar-refractivity contribution in [1.82, 2.24) is 0 Å². The Morgan fingerprint density at radius 2 is 2.14 bits per heavy atom. The highest BCUT2D eigenvalue weighted by atomic mass is 35.5. The van der Waals surface area contributed by atoms with E-state index >= 15 is 0 Å². The van der Waals surface area contributed by atoms with Gasteiger partial charge in [0.05, 0.1) is 5.88 Å². The lowest BCUT2D eigenvalue weighted by Crippen LogP contribution is -2.02. The molecule has 0 aliphatic carbocycles. The predicted octanol–water partition coefficient (Wildman–Crippen LogP) is 3.22. The first-order valence-electron chi connectivity index (χ1n) is 4.15. The van der Waals surface area contributed by atoms with Gasteiger partial charge in [-0.1, -0.05) is 17.7 Å². The number of hydrogen-bond donors (Lipinski definition) is 0. The second-order valence-corrected chi connectivity index (χ2v) is 3.55. The minimum absolute atomic E-state index is 0.0356. The molecular formula is C10H9Cl2FO. The third-order valence-corrected chi connectivity index (χ3v) is 2.52. The molecule has 1 rings (SSSR count). The number of ketones is 1. The molecule has 76 valence electrons. The lowest BCUT2D eigenvalue weighted by Gasteiger charge is -2.03. The largest absolute Gasteiger partial charge is 0.298 e. The molecule has 0 bridgehead atoms. The third-order valence-electron chi connectivity index (χ3n) is 1.86. The molecule has 14 heavy (non-hydrogen) atoms. The number of hydrogen-bond acceptors (Lipinski definition) is 1. The Labute approximate surface area is 91.8 Å². The van der Waals surface area contributed by atoms with E-state index in [2.05, 4.69) is 0 Å². The highest BCUT2D eigenvalue weighted by Gasteiger charge is 2.08. The molecule has 1 aromatic rings. The maximum absolute atomic E-state index is 13.2. The van der Waals surface area contributed by atoms with Gasteiger partial charge in [-0.25, -0.2) is 4.39 Å². The zero-order valence-electron chi connectivity index (χ0n) is 7.40. The van der Waals surface area contributed by atoms with E-state index in [-0.39, 0.29) is 23.9 Å². The Morgan fingerprint density at radius 3 is 2.71 bits per heavy atom. The number of rotatable bonds is 4. The quantitative estimate of drug-likeness (QED) is 0.732. The zero-order valence-corrected chi connectivity index (χ0v) is 8.91. The van der Waals surface area contributed by atoms with Crippen LogP contribution >= 0.6 is 23.2 Å². The molecule has 0 saturated heterocycles. The molecule has 0 atom stereocenters. The lowest BCUT2D eigenvalue weighted by molar-refractivity contribution is -0.116. The van der Waals surface area contributed by atoms with Crippen molar-refractivity contribution in [3.63, 3.8) is 0 Å². The van der Waals surface area contributed by atoms with Gasteiger partial charge in [0.15, 0.2) is 0 Å². The summed E-state index contributed by atoms with van der Waals surface area (Å²) in [4.78, 5) is 10.9. The Morgan fingerprint density at radius 1 is 1.43 bits per heavy atom. The topological polar surface area (TPSA) is 17.1 Å². The second kappa shape index (κ2) is 5.32. The van der Waals surface area contributed by atoms with Crippen molar-refractivity contribution in [3.8, 4) is 0 Å². The SMILES string of the molecule is O=C(CCl)CCc1c(F)cccc1Cl. The first-order chi connectivity index (χ1) is 6.65. The highest BCUT2D eigenvalue weighted by molar-refractivity contribution is 6.31. The van der Waals surface area contributed by atoms with E-state index in [0.717, 1.165) is 0 Å². The number of halogens is 3. The number of Topliss-reactive ketones (excluding diaryl/α,β-unsaturated/α-hetero) is 1. The summed E-state index contributed by atoms with van der Waals surface area (Å²) in [6.45, 7) is 0. The summed E-state index contributed by atoms with van der Waals surface area (Å²) < 4.78 is 13.2. The van der Waals surface area contributed by atoms with Gasteiger partial charge in [0.1, 0.15) is 11.6 Å². The van der Waals surface area contributed by atoms with Crippen LogP contribution in [0.2, 0.25) is 5.02 Å². The molecule has 0 aromatic heterocycles. The van der Waals surface area contributed by atoms with Crippen LogP contribution in [0.3, 0.4) is 0 Å².